The summed E-state index contributed by atoms with van der Waals surface area (Å²) >= 11 is 0. The fraction of sp³-hybridized carbons (Fsp3) is 0.300. The number of carbonyl (C=O) groups is 1. The Morgan fingerprint density at radius 3 is 2.35 bits per heavy atom. The Labute approximate surface area is 100 Å². The molecule has 6 nitrogen and oxygen atoms in total. The first kappa shape index (κ1) is 13.6. The molecule has 0 fully saturated rings. The Hall–Kier alpha value is -1.44. The Kier molecular flexibility index (Phi) is 4.62. The summed E-state index contributed by atoms with van der Waals surface area (Å²) < 4.78 is 31.6. The van der Waals surface area contributed by atoms with E-state index in [0.29, 0.717) is 5.56 Å². The molecule has 1 rings (SSSR count). The zero-order valence-corrected chi connectivity index (χ0v) is 10.3. The summed E-state index contributed by atoms with van der Waals surface area (Å²) in [7, 11) is -1.27. The van der Waals surface area contributed by atoms with E-state index in [2.05, 4.69) is 14.2 Å². The molecule has 0 heterocycles. The molecule has 1 atom stereocenters. The van der Waals surface area contributed by atoms with Gasteiger partial charge in [-0.3, -0.25) is 0 Å². The second-order valence-corrected chi connectivity index (χ2v) is 4.84. The first-order chi connectivity index (χ1) is 8.00. The van der Waals surface area contributed by atoms with Crippen molar-refractivity contribution in [1.82, 2.24) is 9.44 Å². The summed E-state index contributed by atoms with van der Waals surface area (Å²) in [6, 6.07) is 7.40. The molecular formula is C10H14N2O4S. The number of methoxy groups -OCH3 is 1. The molecule has 7 heteroatoms. The van der Waals surface area contributed by atoms with Gasteiger partial charge in [0.2, 0.25) is 0 Å². The van der Waals surface area contributed by atoms with E-state index >= 15 is 0 Å². The third-order valence-corrected chi connectivity index (χ3v) is 3.19. The monoisotopic (exact) mass is 258 g/mol. The predicted molar refractivity (Wildman–Crippen MR) is 62.3 cm³/mol. The Bertz CT molecular complexity index is 472. The molecule has 0 aliphatic heterocycles. The second kappa shape index (κ2) is 5.76. The number of ether oxygens (including phenoxy) is 1. The molecule has 0 saturated carbocycles. The van der Waals surface area contributed by atoms with E-state index in [0.717, 1.165) is 0 Å². The molecule has 0 aliphatic carbocycles. The molecule has 0 amide bonds. The molecule has 1 unspecified atom stereocenters. The summed E-state index contributed by atoms with van der Waals surface area (Å²) in [6.07, 6.45) is 0. The molecule has 2 N–H and O–H groups in total. The van der Waals surface area contributed by atoms with Crippen LogP contribution < -0.4 is 9.44 Å². The van der Waals surface area contributed by atoms with E-state index in [1.165, 1.54) is 14.2 Å². The van der Waals surface area contributed by atoms with E-state index in [9.17, 15) is 13.2 Å². The van der Waals surface area contributed by atoms with Crippen molar-refractivity contribution in [3.63, 3.8) is 0 Å². The summed E-state index contributed by atoms with van der Waals surface area (Å²) in [4.78, 5) is 11.5. The van der Waals surface area contributed by atoms with Crippen LogP contribution in [-0.2, 0) is 19.7 Å². The minimum absolute atomic E-state index is 0.512. The lowest BCUT2D eigenvalue weighted by Gasteiger charge is -2.16. The van der Waals surface area contributed by atoms with Gasteiger partial charge in [-0.2, -0.15) is 13.1 Å². The molecule has 0 saturated heterocycles. The lowest BCUT2D eigenvalue weighted by Crippen LogP contribution is -2.40. The van der Waals surface area contributed by atoms with Gasteiger partial charge < -0.3 is 4.74 Å². The fourth-order valence-electron chi connectivity index (χ4n) is 1.23. The standard InChI is InChI=1S/C10H14N2O4S/c1-11-17(14,15)12-9(10(13)16-2)8-6-4-3-5-7-8/h3-7,9,11-12H,1-2H3. The van der Waals surface area contributed by atoms with E-state index in [-0.39, 0.29) is 0 Å². The zero-order valence-electron chi connectivity index (χ0n) is 9.51. The van der Waals surface area contributed by atoms with Crippen LogP contribution in [0.3, 0.4) is 0 Å². The topological polar surface area (TPSA) is 84.5 Å². The molecule has 0 spiro atoms. The van der Waals surface area contributed by atoms with Gasteiger partial charge >= 0.3 is 5.97 Å². The Morgan fingerprint density at radius 2 is 1.88 bits per heavy atom. The average molecular weight is 258 g/mol. The molecule has 94 valence electrons. The highest BCUT2D eigenvalue weighted by Crippen LogP contribution is 2.14. The van der Waals surface area contributed by atoms with Gasteiger partial charge in [-0.25, -0.2) is 9.52 Å². The number of nitrogens with one attached hydrogen (secondary N) is 2. The minimum Gasteiger partial charge on any atom is -0.468 e. The molecule has 1 aromatic rings. The average Bonchev–Trinajstić information content (AvgIpc) is 2.36. The number of hydrogen-bond acceptors (Lipinski definition) is 4. The number of rotatable bonds is 5. The third kappa shape index (κ3) is 3.81. The fourth-order valence-corrected chi connectivity index (χ4v) is 1.89. The zero-order chi connectivity index (χ0) is 12.9. The van der Waals surface area contributed by atoms with Crippen molar-refractivity contribution in [3.05, 3.63) is 35.9 Å². The smallest absolute Gasteiger partial charge is 0.328 e. The highest BCUT2D eigenvalue weighted by Gasteiger charge is 2.25. The van der Waals surface area contributed by atoms with Crippen LogP contribution in [0.4, 0.5) is 0 Å². The van der Waals surface area contributed by atoms with E-state index in [4.69, 9.17) is 0 Å². The first-order valence-corrected chi connectivity index (χ1v) is 6.32. The van der Waals surface area contributed by atoms with Crippen LogP contribution in [0.2, 0.25) is 0 Å². The lowest BCUT2D eigenvalue weighted by molar-refractivity contribution is -0.142. The van der Waals surface area contributed by atoms with Crippen LogP contribution in [0.1, 0.15) is 11.6 Å². The maximum atomic E-state index is 11.5. The highest BCUT2D eigenvalue weighted by molar-refractivity contribution is 7.87. The van der Waals surface area contributed by atoms with Gasteiger partial charge in [-0.1, -0.05) is 30.3 Å². The van der Waals surface area contributed by atoms with Gasteiger partial charge in [-0.15, -0.1) is 0 Å². The normalized spacial score (nSPS) is 13.1. The predicted octanol–water partition coefficient (Wildman–Crippen LogP) is -0.0455. The summed E-state index contributed by atoms with van der Waals surface area (Å²) in [6.45, 7) is 0. The Morgan fingerprint density at radius 1 is 1.29 bits per heavy atom. The van der Waals surface area contributed by atoms with E-state index < -0.39 is 22.2 Å². The summed E-state index contributed by atoms with van der Waals surface area (Å²) in [5.74, 6) is -0.671. The molecule has 1 aromatic carbocycles. The number of benzene rings is 1. The van der Waals surface area contributed by atoms with Gasteiger partial charge in [0.05, 0.1) is 7.11 Å². The number of hydrogen-bond donors (Lipinski definition) is 2. The second-order valence-electron chi connectivity index (χ2n) is 3.19. The number of esters is 1. The largest absolute Gasteiger partial charge is 0.468 e. The van der Waals surface area contributed by atoms with Crippen molar-refractivity contribution in [2.24, 2.45) is 0 Å². The summed E-state index contributed by atoms with van der Waals surface area (Å²) in [5, 5.41) is 0. The van der Waals surface area contributed by atoms with Crippen molar-refractivity contribution in [3.8, 4) is 0 Å². The van der Waals surface area contributed by atoms with Crippen LogP contribution in [0.5, 0.6) is 0 Å². The van der Waals surface area contributed by atoms with Gasteiger partial charge in [0, 0.05) is 7.05 Å². The van der Waals surface area contributed by atoms with Gasteiger partial charge in [0.1, 0.15) is 6.04 Å². The van der Waals surface area contributed by atoms with Crippen LogP contribution in [0.15, 0.2) is 30.3 Å². The van der Waals surface area contributed by atoms with Gasteiger partial charge in [0.15, 0.2) is 0 Å². The summed E-state index contributed by atoms with van der Waals surface area (Å²) in [5.41, 5.74) is 0.512. The molecule has 17 heavy (non-hydrogen) atoms. The molecule has 0 aromatic heterocycles. The molecule has 0 radical (unpaired) electrons. The SMILES string of the molecule is CNS(=O)(=O)NC(C(=O)OC)c1ccccc1. The quantitative estimate of drug-likeness (QED) is 0.725. The van der Waals surface area contributed by atoms with E-state index in [1.807, 2.05) is 0 Å². The van der Waals surface area contributed by atoms with Crippen molar-refractivity contribution < 1.29 is 17.9 Å². The maximum absolute atomic E-state index is 11.5. The number of carbonyl (C=O) groups excluding carboxylic acids is 1. The maximum Gasteiger partial charge on any atom is 0.328 e. The third-order valence-electron chi connectivity index (χ3n) is 2.11. The minimum atomic E-state index is -3.72. The van der Waals surface area contributed by atoms with Crippen LogP contribution in [0.25, 0.3) is 0 Å². The molecular weight excluding hydrogens is 244 g/mol. The molecule has 0 aliphatic rings. The molecule has 0 bridgehead atoms. The lowest BCUT2D eigenvalue weighted by atomic mass is 10.1. The van der Waals surface area contributed by atoms with Crippen molar-refractivity contribution in [1.29, 1.82) is 0 Å². The van der Waals surface area contributed by atoms with Gasteiger partial charge in [0.25, 0.3) is 10.2 Å². The van der Waals surface area contributed by atoms with Crippen LogP contribution in [0, 0.1) is 0 Å². The van der Waals surface area contributed by atoms with E-state index in [1.54, 1.807) is 30.3 Å². The Balaban J connectivity index is 3.02. The van der Waals surface area contributed by atoms with Crippen molar-refractivity contribution >= 4 is 16.2 Å². The van der Waals surface area contributed by atoms with Crippen molar-refractivity contribution in [2.45, 2.75) is 6.04 Å². The first-order valence-electron chi connectivity index (χ1n) is 4.83. The van der Waals surface area contributed by atoms with Crippen LogP contribution >= 0.6 is 0 Å². The van der Waals surface area contributed by atoms with Crippen molar-refractivity contribution in [2.75, 3.05) is 14.2 Å². The van der Waals surface area contributed by atoms with Gasteiger partial charge in [-0.05, 0) is 5.56 Å². The van der Waals surface area contributed by atoms with Crippen LogP contribution in [-0.4, -0.2) is 28.5 Å². The highest BCUT2D eigenvalue weighted by atomic mass is 32.2.